The molecule has 0 fully saturated rings. The lowest BCUT2D eigenvalue weighted by molar-refractivity contribution is -0.125. The van der Waals surface area contributed by atoms with Gasteiger partial charge >= 0.3 is 0 Å². The quantitative estimate of drug-likeness (QED) is 0.784. The van der Waals surface area contributed by atoms with Gasteiger partial charge in [0, 0.05) is 24.2 Å². The van der Waals surface area contributed by atoms with Crippen molar-refractivity contribution in [1.29, 1.82) is 0 Å². The molecule has 0 saturated carbocycles. The Morgan fingerprint density at radius 1 is 1.41 bits per heavy atom. The molecule has 0 aliphatic carbocycles. The second-order valence-corrected chi connectivity index (χ2v) is 5.38. The second kappa shape index (κ2) is 5.41. The molecule has 0 saturated heterocycles. The van der Waals surface area contributed by atoms with Crippen LogP contribution in [0, 0.1) is 12.3 Å². The van der Waals surface area contributed by atoms with Crippen LogP contribution in [0.2, 0.25) is 0 Å². The zero-order chi connectivity index (χ0) is 13.1. The molecule has 0 N–H and O–H groups in total. The molecule has 0 aliphatic rings. The SMILES string of the molecule is CC(=O)C(C)(C)CN(C)Cc1cccc(C)n1. The lowest BCUT2D eigenvalue weighted by atomic mass is 9.88. The summed E-state index contributed by atoms with van der Waals surface area (Å²) in [5, 5.41) is 0. The fraction of sp³-hybridized carbons (Fsp3) is 0.571. The number of aromatic nitrogens is 1. The molecule has 0 unspecified atom stereocenters. The zero-order valence-electron chi connectivity index (χ0n) is 11.4. The van der Waals surface area contributed by atoms with Crippen molar-refractivity contribution in [2.24, 2.45) is 5.41 Å². The molecule has 17 heavy (non-hydrogen) atoms. The summed E-state index contributed by atoms with van der Waals surface area (Å²) in [5.41, 5.74) is 1.78. The molecule has 1 aromatic rings. The van der Waals surface area contributed by atoms with Gasteiger partial charge in [-0.15, -0.1) is 0 Å². The summed E-state index contributed by atoms with van der Waals surface area (Å²) in [4.78, 5) is 18.1. The minimum Gasteiger partial charge on any atom is -0.300 e. The number of carbonyl (C=O) groups excluding carboxylic acids is 1. The van der Waals surface area contributed by atoms with Crippen molar-refractivity contribution in [3.8, 4) is 0 Å². The smallest absolute Gasteiger partial charge is 0.136 e. The van der Waals surface area contributed by atoms with E-state index in [4.69, 9.17) is 0 Å². The first kappa shape index (κ1) is 13.8. The number of carbonyl (C=O) groups is 1. The molecule has 3 heteroatoms. The lowest BCUT2D eigenvalue weighted by Gasteiger charge is -2.27. The Morgan fingerprint density at radius 2 is 2.06 bits per heavy atom. The number of nitrogens with zero attached hydrogens (tertiary/aromatic N) is 2. The van der Waals surface area contributed by atoms with Gasteiger partial charge in [0.2, 0.25) is 0 Å². The lowest BCUT2D eigenvalue weighted by Crippen LogP contribution is -2.36. The van der Waals surface area contributed by atoms with Gasteiger partial charge < -0.3 is 0 Å². The topological polar surface area (TPSA) is 33.2 Å². The van der Waals surface area contributed by atoms with Crippen LogP contribution in [0.1, 0.15) is 32.2 Å². The molecule has 3 nitrogen and oxygen atoms in total. The zero-order valence-corrected chi connectivity index (χ0v) is 11.4. The van der Waals surface area contributed by atoms with E-state index in [1.165, 1.54) is 0 Å². The maximum atomic E-state index is 11.5. The Morgan fingerprint density at radius 3 is 2.59 bits per heavy atom. The largest absolute Gasteiger partial charge is 0.300 e. The third-order valence-electron chi connectivity index (χ3n) is 3.00. The van der Waals surface area contributed by atoms with Crippen molar-refractivity contribution in [1.82, 2.24) is 9.88 Å². The maximum Gasteiger partial charge on any atom is 0.136 e. The van der Waals surface area contributed by atoms with Gasteiger partial charge in [-0.3, -0.25) is 14.7 Å². The Hall–Kier alpha value is -1.22. The van der Waals surface area contributed by atoms with Crippen LogP contribution >= 0.6 is 0 Å². The van der Waals surface area contributed by atoms with E-state index in [0.717, 1.165) is 24.5 Å². The van der Waals surface area contributed by atoms with Crippen LogP contribution in [0.3, 0.4) is 0 Å². The monoisotopic (exact) mass is 234 g/mol. The highest BCUT2D eigenvalue weighted by Crippen LogP contribution is 2.18. The highest BCUT2D eigenvalue weighted by atomic mass is 16.1. The summed E-state index contributed by atoms with van der Waals surface area (Å²) in [6.45, 7) is 9.13. The van der Waals surface area contributed by atoms with Crippen molar-refractivity contribution in [2.45, 2.75) is 34.2 Å². The van der Waals surface area contributed by atoms with Crippen LogP contribution in [0.5, 0.6) is 0 Å². The summed E-state index contributed by atoms with van der Waals surface area (Å²) in [7, 11) is 2.02. The Labute approximate surface area is 104 Å². The first-order valence-corrected chi connectivity index (χ1v) is 5.93. The van der Waals surface area contributed by atoms with Crippen molar-refractivity contribution < 1.29 is 4.79 Å². The fourth-order valence-corrected chi connectivity index (χ4v) is 1.81. The standard InChI is InChI=1S/C14H22N2O/c1-11-7-6-8-13(15-11)9-16(5)10-14(3,4)12(2)17/h6-8H,9-10H2,1-5H3. The van der Waals surface area contributed by atoms with Gasteiger partial charge in [-0.05, 0) is 33.0 Å². The molecule has 0 atom stereocenters. The maximum absolute atomic E-state index is 11.5. The van der Waals surface area contributed by atoms with Gasteiger partial charge in [0.05, 0.1) is 5.69 Å². The van der Waals surface area contributed by atoms with Crippen LogP contribution < -0.4 is 0 Å². The van der Waals surface area contributed by atoms with Gasteiger partial charge in [0.25, 0.3) is 0 Å². The normalized spacial score (nSPS) is 11.9. The highest BCUT2D eigenvalue weighted by molar-refractivity contribution is 5.81. The van der Waals surface area contributed by atoms with E-state index in [0.29, 0.717) is 0 Å². The molecule has 0 aliphatic heterocycles. The molecular weight excluding hydrogens is 212 g/mol. The van der Waals surface area contributed by atoms with E-state index in [1.54, 1.807) is 6.92 Å². The van der Waals surface area contributed by atoms with Crippen molar-refractivity contribution >= 4 is 5.78 Å². The van der Waals surface area contributed by atoms with E-state index in [2.05, 4.69) is 9.88 Å². The average molecular weight is 234 g/mol. The average Bonchev–Trinajstić information content (AvgIpc) is 2.15. The first-order valence-electron chi connectivity index (χ1n) is 5.93. The molecule has 0 bridgehead atoms. The predicted molar refractivity (Wildman–Crippen MR) is 69.8 cm³/mol. The molecule has 0 radical (unpaired) electrons. The van der Waals surface area contributed by atoms with Gasteiger partial charge in [-0.1, -0.05) is 19.9 Å². The number of Topliss-reactive ketones (excluding diaryl/α,β-unsaturated/α-hetero) is 1. The third-order valence-corrected chi connectivity index (χ3v) is 3.00. The summed E-state index contributed by atoms with van der Waals surface area (Å²) < 4.78 is 0. The summed E-state index contributed by atoms with van der Waals surface area (Å²) in [6, 6.07) is 6.02. The molecule has 1 aromatic heterocycles. The van der Waals surface area contributed by atoms with Crippen LogP contribution in [-0.2, 0) is 11.3 Å². The van der Waals surface area contributed by atoms with Crippen LogP contribution in [-0.4, -0.2) is 29.3 Å². The number of hydrogen-bond acceptors (Lipinski definition) is 3. The number of pyridine rings is 1. The minimum atomic E-state index is -0.293. The summed E-state index contributed by atoms with van der Waals surface area (Å²) in [6.07, 6.45) is 0. The van der Waals surface area contributed by atoms with Crippen molar-refractivity contribution in [2.75, 3.05) is 13.6 Å². The molecule has 0 spiro atoms. The number of rotatable bonds is 5. The van der Waals surface area contributed by atoms with Gasteiger partial charge in [0.1, 0.15) is 5.78 Å². The van der Waals surface area contributed by atoms with E-state index >= 15 is 0 Å². The summed E-state index contributed by atoms with van der Waals surface area (Å²) >= 11 is 0. The molecule has 1 rings (SSSR count). The van der Waals surface area contributed by atoms with Gasteiger partial charge in [-0.2, -0.15) is 0 Å². The number of ketones is 1. The fourth-order valence-electron chi connectivity index (χ4n) is 1.81. The van der Waals surface area contributed by atoms with Crippen molar-refractivity contribution in [3.05, 3.63) is 29.6 Å². The van der Waals surface area contributed by atoms with E-state index in [9.17, 15) is 4.79 Å². The second-order valence-electron chi connectivity index (χ2n) is 5.38. The Balaban J connectivity index is 2.61. The molecule has 0 amide bonds. The van der Waals surface area contributed by atoms with Crippen LogP contribution in [0.25, 0.3) is 0 Å². The van der Waals surface area contributed by atoms with E-state index in [-0.39, 0.29) is 11.2 Å². The first-order chi connectivity index (χ1) is 7.81. The minimum absolute atomic E-state index is 0.224. The van der Waals surface area contributed by atoms with Crippen LogP contribution in [0.4, 0.5) is 0 Å². The molecular formula is C14H22N2O. The number of hydrogen-bond donors (Lipinski definition) is 0. The number of aryl methyl sites for hydroxylation is 1. The molecule has 94 valence electrons. The highest BCUT2D eigenvalue weighted by Gasteiger charge is 2.25. The van der Waals surface area contributed by atoms with Crippen LogP contribution in [0.15, 0.2) is 18.2 Å². The Kier molecular flexibility index (Phi) is 4.40. The molecule has 0 aromatic carbocycles. The van der Waals surface area contributed by atoms with Gasteiger partial charge in [0.15, 0.2) is 0 Å². The van der Waals surface area contributed by atoms with E-state index in [1.807, 2.05) is 46.0 Å². The van der Waals surface area contributed by atoms with Crippen molar-refractivity contribution in [3.63, 3.8) is 0 Å². The Bertz CT molecular complexity index is 399. The third kappa shape index (κ3) is 4.27. The van der Waals surface area contributed by atoms with Gasteiger partial charge in [-0.25, -0.2) is 0 Å². The predicted octanol–water partition coefficient (Wildman–Crippen LogP) is 2.44. The molecule has 1 heterocycles. The summed E-state index contributed by atoms with van der Waals surface area (Å²) in [5.74, 6) is 0.224. The van der Waals surface area contributed by atoms with E-state index < -0.39 is 0 Å².